The molecule has 1 aromatic carbocycles. The first-order chi connectivity index (χ1) is 29.2. The van der Waals surface area contributed by atoms with Crippen molar-refractivity contribution in [1.29, 1.82) is 0 Å². The van der Waals surface area contributed by atoms with Crippen molar-refractivity contribution in [3.05, 3.63) is 104 Å². The van der Waals surface area contributed by atoms with Gasteiger partial charge in [0.1, 0.15) is 45.1 Å². The number of rotatable bonds is 8. The number of thiazole rings is 3. The smallest absolute Gasteiger partial charge is 0.225 e. The van der Waals surface area contributed by atoms with Gasteiger partial charge in [0.2, 0.25) is 5.95 Å². The van der Waals surface area contributed by atoms with Gasteiger partial charge in [-0.25, -0.2) is 38.7 Å². The largest absolute Gasteiger partial charge is 0.390 e. The Balaban J connectivity index is 0.000000204. The molecule has 0 aliphatic heterocycles. The van der Waals surface area contributed by atoms with Gasteiger partial charge in [-0.15, -0.1) is 34.0 Å². The molecule has 314 valence electrons. The number of fused-ring (bicyclic) bond motifs is 3. The molecular weight excluding hydrogens is 870 g/mol. The molecule has 1 saturated carbocycles. The molecule has 0 saturated heterocycles. The SMILES string of the molecule is Cc1nc(NCc2c(F)cccc2F)nc(N[C@@H]2C[C@H](C(C)(C)O)C(O)[C@@H]2O)c1-c1nc2c(N)nccc2s1.Clc1nccc2scnc12.[N-]=[N+]=Nc1nccc2scnc12. The summed E-state index contributed by atoms with van der Waals surface area (Å²) in [5.74, 6) is -0.989. The van der Waals surface area contributed by atoms with E-state index in [1.165, 1.54) is 40.9 Å². The van der Waals surface area contributed by atoms with Crippen molar-refractivity contribution in [2.24, 2.45) is 11.0 Å². The molecule has 61 heavy (non-hydrogen) atoms. The molecular formula is C38H35ClF2N14O3S3. The Morgan fingerprint density at radius 1 is 0.902 bits per heavy atom. The quantitative estimate of drug-likeness (QED) is 0.0363. The zero-order valence-corrected chi connectivity index (χ0v) is 35.5. The van der Waals surface area contributed by atoms with Crippen molar-refractivity contribution in [2.45, 2.75) is 57.6 Å². The number of nitrogens with one attached hydrogen (secondary N) is 2. The number of azide groups is 1. The van der Waals surface area contributed by atoms with Crippen LogP contribution in [0.15, 0.2) is 71.1 Å². The number of hydrogen-bond acceptors (Lipinski definition) is 18. The van der Waals surface area contributed by atoms with Crippen molar-refractivity contribution in [1.82, 2.24) is 39.9 Å². The minimum absolute atomic E-state index is 0.0933. The van der Waals surface area contributed by atoms with Gasteiger partial charge in [-0.3, -0.25) is 4.98 Å². The van der Waals surface area contributed by atoms with Gasteiger partial charge in [0.15, 0.2) is 16.8 Å². The highest BCUT2D eigenvalue weighted by atomic mass is 35.5. The summed E-state index contributed by atoms with van der Waals surface area (Å²) in [4.78, 5) is 36.3. The molecule has 7 heterocycles. The number of aliphatic hydroxyl groups excluding tert-OH is 2. The van der Waals surface area contributed by atoms with E-state index in [4.69, 9.17) is 22.9 Å². The van der Waals surface area contributed by atoms with Crippen LogP contribution in [-0.2, 0) is 6.54 Å². The summed E-state index contributed by atoms with van der Waals surface area (Å²) in [7, 11) is 0. The number of anilines is 3. The Morgan fingerprint density at radius 2 is 1.56 bits per heavy atom. The van der Waals surface area contributed by atoms with E-state index in [-0.39, 0.29) is 36.1 Å². The molecule has 1 aliphatic carbocycles. The Hall–Kier alpha value is -5.84. The number of aromatic nitrogens is 8. The third kappa shape index (κ3) is 9.56. The molecule has 0 radical (unpaired) electrons. The van der Waals surface area contributed by atoms with Gasteiger partial charge in [-0.2, -0.15) is 4.98 Å². The normalized spacial score (nSPS) is 17.3. The van der Waals surface area contributed by atoms with Crippen LogP contribution < -0.4 is 16.4 Å². The highest BCUT2D eigenvalue weighted by Gasteiger charge is 2.48. The van der Waals surface area contributed by atoms with Crippen molar-refractivity contribution >= 4 is 99.7 Å². The van der Waals surface area contributed by atoms with Crippen molar-refractivity contribution in [3.63, 3.8) is 0 Å². The molecule has 0 bridgehead atoms. The maximum absolute atomic E-state index is 14.2. The lowest BCUT2D eigenvalue weighted by atomic mass is 9.88. The molecule has 17 nitrogen and oxygen atoms in total. The summed E-state index contributed by atoms with van der Waals surface area (Å²) in [5, 5.41) is 42.5. The number of aliphatic hydroxyl groups is 3. The third-order valence-corrected chi connectivity index (χ3v) is 12.5. The second kappa shape index (κ2) is 18.4. The molecule has 1 fully saturated rings. The molecule has 0 amide bonds. The predicted molar refractivity (Wildman–Crippen MR) is 234 cm³/mol. The Morgan fingerprint density at radius 3 is 2.21 bits per heavy atom. The lowest BCUT2D eigenvalue weighted by Crippen LogP contribution is -2.40. The van der Waals surface area contributed by atoms with Gasteiger partial charge in [0, 0.05) is 41.5 Å². The highest BCUT2D eigenvalue weighted by molar-refractivity contribution is 7.21. The van der Waals surface area contributed by atoms with Gasteiger partial charge in [-0.1, -0.05) is 17.7 Å². The van der Waals surface area contributed by atoms with Crippen LogP contribution in [0.2, 0.25) is 5.15 Å². The first kappa shape index (κ1) is 43.3. The standard InChI is InChI=1S/C26H29F2N7O3S.C6H3ClN2S.C6H3N5S/c1-11-18(24-34-19-17(39-24)7-8-30-22(19)29)23(33-16-9-13(26(2,3)38)20(36)21(16)37)35-25(32-11)31-10-12-14(27)5-4-6-15(12)28;7-6-5-4(1-2-8-6)10-3-9-5;7-11-10-6-5-4(1-2-8-6)12-3-9-5/h4-8,13,16,20-21,36-38H,9-10H2,1-3H3,(H2,29,30)(H2,31,32,33,35);1-3H;1-3H/t13-,16+,20?,21+;;/m0../s1. The van der Waals surface area contributed by atoms with Gasteiger partial charge < -0.3 is 31.7 Å². The number of nitrogen functional groups attached to an aromatic ring is 1. The summed E-state index contributed by atoms with van der Waals surface area (Å²) < 4.78 is 31.2. The summed E-state index contributed by atoms with van der Waals surface area (Å²) in [5.41, 5.74) is 19.3. The van der Waals surface area contributed by atoms with Gasteiger partial charge in [-0.05, 0) is 68.2 Å². The van der Waals surface area contributed by atoms with Crippen molar-refractivity contribution < 1.29 is 24.1 Å². The summed E-state index contributed by atoms with van der Waals surface area (Å²) in [6, 6.07) is 8.49. The number of halogens is 3. The van der Waals surface area contributed by atoms with E-state index in [2.05, 4.69) is 60.5 Å². The van der Waals surface area contributed by atoms with Crippen LogP contribution >= 0.6 is 45.6 Å². The number of benzene rings is 1. The Kier molecular flexibility index (Phi) is 13.1. The highest BCUT2D eigenvalue weighted by Crippen LogP contribution is 2.40. The van der Waals surface area contributed by atoms with Crippen LogP contribution in [0.3, 0.4) is 0 Å². The minimum atomic E-state index is -1.23. The van der Waals surface area contributed by atoms with E-state index >= 15 is 0 Å². The molecule has 7 N–H and O–H groups in total. The molecule has 4 atom stereocenters. The van der Waals surface area contributed by atoms with E-state index in [0.717, 1.165) is 19.6 Å². The molecule has 7 aromatic heterocycles. The molecule has 1 aliphatic rings. The van der Waals surface area contributed by atoms with E-state index in [0.29, 0.717) is 38.3 Å². The maximum Gasteiger partial charge on any atom is 0.225 e. The zero-order chi connectivity index (χ0) is 43.4. The summed E-state index contributed by atoms with van der Waals surface area (Å²) >= 11 is 10.1. The number of aryl methyl sites for hydroxylation is 1. The van der Waals surface area contributed by atoms with Crippen LogP contribution in [0, 0.1) is 24.5 Å². The van der Waals surface area contributed by atoms with E-state index < -0.39 is 41.4 Å². The fourth-order valence-electron chi connectivity index (χ4n) is 6.57. The van der Waals surface area contributed by atoms with Crippen LogP contribution in [0.5, 0.6) is 0 Å². The van der Waals surface area contributed by atoms with Gasteiger partial charge >= 0.3 is 0 Å². The number of nitrogens with two attached hydrogens (primary N) is 1. The molecule has 8 aromatic rings. The van der Waals surface area contributed by atoms with E-state index in [1.807, 2.05) is 12.1 Å². The number of nitrogens with zero attached hydrogens (tertiary/aromatic N) is 11. The Labute approximate surface area is 362 Å². The monoisotopic (exact) mass is 904 g/mol. The molecule has 23 heteroatoms. The van der Waals surface area contributed by atoms with Gasteiger partial charge in [0.05, 0.1) is 54.1 Å². The van der Waals surface area contributed by atoms with E-state index in [1.54, 1.807) is 67.8 Å². The first-order valence-corrected chi connectivity index (χ1v) is 21.2. The zero-order valence-electron chi connectivity index (χ0n) is 32.3. The molecule has 9 rings (SSSR count). The lowest BCUT2D eigenvalue weighted by molar-refractivity contribution is -0.0601. The molecule has 0 spiro atoms. The fourth-order valence-corrected chi connectivity index (χ4v) is 9.24. The third-order valence-electron chi connectivity index (χ3n) is 9.61. The maximum atomic E-state index is 14.2. The Bertz CT molecular complexity index is 2870. The summed E-state index contributed by atoms with van der Waals surface area (Å²) in [6.07, 6.45) is 2.78. The van der Waals surface area contributed by atoms with Crippen LogP contribution in [0.4, 0.5) is 32.2 Å². The first-order valence-electron chi connectivity index (χ1n) is 18.2. The minimum Gasteiger partial charge on any atom is -0.390 e. The number of pyridine rings is 3. The average Bonchev–Trinajstić information content (AvgIpc) is 4.04. The average molecular weight is 905 g/mol. The van der Waals surface area contributed by atoms with E-state index in [9.17, 15) is 24.1 Å². The topological polar surface area (TPSA) is 263 Å². The second-order valence-corrected chi connectivity index (χ2v) is 17.2. The van der Waals surface area contributed by atoms with Crippen molar-refractivity contribution in [3.8, 4) is 10.6 Å². The van der Waals surface area contributed by atoms with Gasteiger partial charge in [0.25, 0.3) is 0 Å². The van der Waals surface area contributed by atoms with Crippen molar-refractivity contribution in [2.75, 3.05) is 16.4 Å². The summed E-state index contributed by atoms with van der Waals surface area (Å²) in [6.45, 7) is 4.70. The lowest BCUT2D eigenvalue weighted by Gasteiger charge is -2.28. The van der Waals surface area contributed by atoms with Crippen LogP contribution in [0.1, 0.15) is 31.5 Å². The molecule has 1 unspecified atom stereocenters. The predicted octanol–water partition coefficient (Wildman–Crippen LogP) is 8.20. The number of hydrogen-bond donors (Lipinski definition) is 6. The van der Waals surface area contributed by atoms with Crippen LogP contribution in [0.25, 0.3) is 51.7 Å². The van der Waals surface area contributed by atoms with Crippen LogP contribution in [-0.4, -0.2) is 79.0 Å². The fraction of sp³-hybridized carbons (Fsp3) is 0.263. The second-order valence-electron chi connectivity index (χ2n) is 14.0.